The molecule has 1 N–H and O–H groups in total. The quantitative estimate of drug-likeness (QED) is 0.762. The molecule has 3 nitrogen and oxygen atoms in total. The normalized spacial score (nSPS) is 8.60. The summed E-state index contributed by atoms with van der Waals surface area (Å²) in [5.41, 5.74) is 0.967. The second kappa shape index (κ2) is 6.50. The van der Waals surface area contributed by atoms with Crippen LogP contribution in [-0.4, -0.2) is 12.6 Å². The first-order chi connectivity index (χ1) is 7.33. The van der Waals surface area contributed by atoms with E-state index in [-0.39, 0.29) is 6.61 Å². The Hall–Kier alpha value is -1.95. The Balaban J connectivity index is 2.24. The first-order valence-electron chi connectivity index (χ1n) is 4.67. The Kier molecular flexibility index (Phi) is 4.82. The second-order valence-electron chi connectivity index (χ2n) is 2.84. The monoisotopic (exact) mass is 203 g/mol. The standard InChI is InChI=1S/C12H13NO2/c1-2-3-9-13-12(14)15-10-11-7-5-4-6-8-11/h4-8H,9-10H2,1H3,(H,13,14). The Morgan fingerprint density at radius 2 is 2.13 bits per heavy atom. The Labute approximate surface area is 89.4 Å². The van der Waals surface area contributed by atoms with Crippen LogP contribution >= 0.6 is 0 Å². The summed E-state index contributed by atoms with van der Waals surface area (Å²) in [7, 11) is 0. The number of alkyl carbamates (subject to hydrolysis) is 1. The molecule has 0 saturated carbocycles. The molecule has 0 aliphatic carbocycles. The van der Waals surface area contributed by atoms with Crippen LogP contribution in [0.1, 0.15) is 12.5 Å². The summed E-state index contributed by atoms with van der Waals surface area (Å²) in [6, 6.07) is 9.52. The fourth-order valence-electron chi connectivity index (χ4n) is 0.979. The van der Waals surface area contributed by atoms with E-state index in [9.17, 15) is 4.79 Å². The van der Waals surface area contributed by atoms with Crippen molar-refractivity contribution in [2.75, 3.05) is 6.54 Å². The van der Waals surface area contributed by atoms with Crippen molar-refractivity contribution in [1.82, 2.24) is 5.32 Å². The Morgan fingerprint density at radius 3 is 2.80 bits per heavy atom. The van der Waals surface area contributed by atoms with Crippen molar-refractivity contribution in [2.45, 2.75) is 13.5 Å². The number of rotatable bonds is 3. The smallest absolute Gasteiger partial charge is 0.408 e. The summed E-state index contributed by atoms with van der Waals surface area (Å²) in [4.78, 5) is 11.1. The van der Waals surface area contributed by atoms with Crippen LogP contribution in [0.2, 0.25) is 0 Å². The maximum absolute atomic E-state index is 11.1. The highest BCUT2D eigenvalue weighted by atomic mass is 16.5. The number of ether oxygens (including phenoxy) is 1. The number of carbonyl (C=O) groups excluding carboxylic acids is 1. The molecule has 0 spiro atoms. The molecular formula is C12H13NO2. The van der Waals surface area contributed by atoms with Gasteiger partial charge in [-0.25, -0.2) is 4.79 Å². The van der Waals surface area contributed by atoms with Crippen LogP contribution in [0.15, 0.2) is 30.3 Å². The minimum atomic E-state index is -0.443. The van der Waals surface area contributed by atoms with E-state index in [0.29, 0.717) is 6.54 Å². The van der Waals surface area contributed by atoms with E-state index in [2.05, 4.69) is 17.2 Å². The van der Waals surface area contributed by atoms with Crippen molar-refractivity contribution in [3.05, 3.63) is 35.9 Å². The van der Waals surface area contributed by atoms with E-state index >= 15 is 0 Å². The molecule has 0 fully saturated rings. The van der Waals surface area contributed by atoms with E-state index in [1.165, 1.54) is 0 Å². The van der Waals surface area contributed by atoms with Crippen LogP contribution in [0.4, 0.5) is 4.79 Å². The Bertz CT molecular complexity index is 362. The summed E-state index contributed by atoms with van der Waals surface area (Å²) in [6.45, 7) is 2.33. The highest BCUT2D eigenvalue weighted by molar-refractivity contribution is 5.67. The SMILES string of the molecule is CC#CCNC(=O)OCc1ccccc1. The number of hydrogen-bond donors (Lipinski definition) is 1. The number of benzene rings is 1. The number of hydrogen-bond acceptors (Lipinski definition) is 2. The van der Waals surface area contributed by atoms with Crippen molar-refractivity contribution in [3.63, 3.8) is 0 Å². The highest BCUT2D eigenvalue weighted by Crippen LogP contribution is 2.00. The van der Waals surface area contributed by atoms with Crippen molar-refractivity contribution in [1.29, 1.82) is 0 Å². The van der Waals surface area contributed by atoms with Crippen LogP contribution in [0.5, 0.6) is 0 Å². The lowest BCUT2D eigenvalue weighted by Gasteiger charge is -2.04. The summed E-state index contributed by atoms with van der Waals surface area (Å²) >= 11 is 0. The molecule has 78 valence electrons. The van der Waals surface area contributed by atoms with Gasteiger partial charge in [-0.2, -0.15) is 0 Å². The van der Waals surface area contributed by atoms with E-state index < -0.39 is 6.09 Å². The van der Waals surface area contributed by atoms with Crippen molar-refractivity contribution in [2.24, 2.45) is 0 Å². The Morgan fingerprint density at radius 1 is 1.40 bits per heavy atom. The topological polar surface area (TPSA) is 38.3 Å². The number of carbonyl (C=O) groups is 1. The highest BCUT2D eigenvalue weighted by Gasteiger charge is 1.99. The molecule has 1 rings (SSSR count). The predicted octanol–water partition coefficient (Wildman–Crippen LogP) is 1.94. The molecule has 0 aromatic heterocycles. The molecular weight excluding hydrogens is 190 g/mol. The fourth-order valence-corrected chi connectivity index (χ4v) is 0.979. The molecule has 0 aliphatic heterocycles. The molecule has 0 radical (unpaired) electrons. The third-order valence-corrected chi connectivity index (χ3v) is 1.71. The van der Waals surface area contributed by atoms with Gasteiger partial charge in [0.05, 0.1) is 6.54 Å². The van der Waals surface area contributed by atoms with Gasteiger partial charge >= 0.3 is 6.09 Å². The minimum absolute atomic E-state index is 0.284. The first kappa shape index (κ1) is 11.1. The van der Waals surface area contributed by atoms with Gasteiger partial charge < -0.3 is 10.1 Å². The van der Waals surface area contributed by atoms with E-state index in [1.54, 1.807) is 6.92 Å². The lowest BCUT2D eigenvalue weighted by molar-refractivity contribution is 0.141. The van der Waals surface area contributed by atoms with E-state index in [0.717, 1.165) is 5.56 Å². The fraction of sp³-hybridized carbons (Fsp3) is 0.250. The van der Waals surface area contributed by atoms with Gasteiger partial charge in [0.2, 0.25) is 0 Å². The van der Waals surface area contributed by atoms with Gasteiger partial charge in [0.25, 0.3) is 0 Å². The lowest BCUT2D eigenvalue weighted by atomic mass is 10.2. The van der Waals surface area contributed by atoms with Gasteiger partial charge in [0.15, 0.2) is 0 Å². The van der Waals surface area contributed by atoms with E-state index in [4.69, 9.17) is 4.74 Å². The zero-order chi connectivity index (χ0) is 10.9. The van der Waals surface area contributed by atoms with Gasteiger partial charge in [0, 0.05) is 0 Å². The molecule has 1 aromatic rings. The minimum Gasteiger partial charge on any atom is -0.445 e. The zero-order valence-corrected chi connectivity index (χ0v) is 8.62. The van der Waals surface area contributed by atoms with Gasteiger partial charge in [-0.15, -0.1) is 5.92 Å². The molecule has 0 aliphatic rings. The van der Waals surface area contributed by atoms with Crippen LogP contribution in [0.25, 0.3) is 0 Å². The summed E-state index contributed by atoms with van der Waals surface area (Å²) < 4.78 is 4.96. The third-order valence-electron chi connectivity index (χ3n) is 1.71. The zero-order valence-electron chi connectivity index (χ0n) is 8.62. The van der Waals surface area contributed by atoms with Crippen molar-refractivity contribution in [3.8, 4) is 11.8 Å². The van der Waals surface area contributed by atoms with Crippen LogP contribution in [0, 0.1) is 11.8 Å². The van der Waals surface area contributed by atoms with Crippen LogP contribution in [-0.2, 0) is 11.3 Å². The first-order valence-corrected chi connectivity index (χ1v) is 4.67. The molecule has 3 heteroatoms. The van der Waals surface area contributed by atoms with Crippen molar-refractivity contribution < 1.29 is 9.53 Å². The molecule has 0 bridgehead atoms. The maximum atomic E-state index is 11.1. The van der Waals surface area contributed by atoms with Crippen LogP contribution in [0.3, 0.4) is 0 Å². The molecule has 15 heavy (non-hydrogen) atoms. The average Bonchev–Trinajstić information content (AvgIpc) is 2.28. The van der Waals surface area contributed by atoms with Crippen molar-refractivity contribution >= 4 is 6.09 Å². The number of amides is 1. The molecule has 1 aromatic carbocycles. The number of nitrogens with one attached hydrogen (secondary N) is 1. The summed E-state index contributed by atoms with van der Waals surface area (Å²) in [6.07, 6.45) is -0.443. The summed E-state index contributed by atoms with van der Waals surface area (Å²) in [5.74, 6) is 5.39. The summed E-state index contributed by atoms with van der Waals surface area (Å²) in [5, 5.41) is 2.52. The molecule has 0 unspecified atom stereocenters. The second-order valence-corrected chi connectivity index (χ2v) is 2.84. The lowest BCUT2D eigenvalue weighted by Crippen LogP contribution is -2.24. The van der Waals surface area contributed by atoms with E-state index in [1.807, 2.05) is 30.3 Å². The largest absolute Gasteiger partial charge is 0.445 e. The molecule has 1 amide bonds. The van der Waals surface area contributed by atoms with Gasteiger partial charge in [-0.3, -0.25) is 0 Å². The average molecular weight is 203 g/mol. The molecule has 0 atom stereocenters. The van der Waals surface area contributed by atoms with Gasteiger partial charge in [-0.1, -0.05) is 36.3 Å². The molecule has 0 heterocycles. The predicted molar refractivity (Wildman–Crippen MR) is 58.1 cm³/mol. The third kappa shape index (κ3) is 4.72. The van der Waals surface area contributed by atoms with Gasteiger partial charge in [0.1, 0.15) is 6.61 Å². The maximum Gasteiger partial charge on any atom is 0.408 e. The van der Waals surface area contributed by atoms with Crippen LogP contribution < -0.4 is 5.32 Å². The molecule has 0 saturated heterocycles. The van der Waals surface area contributed by atoms with Gasteiger partial charge in [-0.05, 0) is 12.5 Å².